The van der Waals surface area contributed by atoms with Crippen LogP contribution in [-0.4, -0.2) is 68.7 Å². The number of carbonyl (C=O) groups is 3. The van der Waals surface area contributed by atoms with Crippen molar-refractivity contribution in [1.82, 2.24) is 10.2 Å². The standard InChI is InChI=1S/C17H19ClN2O6S/c1-17(9-18)13(16(23)25-2)20-14(22)12(15(20)27(17)24)19-11(21)8-26-10-6-4-3-5-7-10/h3-7,12-13,15H,8-9H2,1-2H3,(H,19,21)/t12-,13+,15-,17+,27?/m1/s1. The van der Waals surface area contributed by atoms with Gasteiger partial charge in [0.05, 0.1) is 22.7 Å². The van der Waals surface area contributed by atoms with Crippen LogP contribution in [0.1, 0.15) is 6.92 Å². The predicted molar refractivity (Wildman–Crippen MR) is 97.6 cm³/mol. The van der Waals surface area contributed by atoms with Gasteiger partial charge >= 0.3 is 5.97 Å². The molecule has 2 aliphatic rings. The maximum Gasteiger partial charge on any atom is 0.330 e. The van der Waals surface area contributed by atoms with Crippen molar-refractivity contribution in [3.05, 3.63) is 30.3 Å². The van der Waals surface area contributed by atoms with Crippen molar-refractivity contribution >= 4 is 40.2 Å². The molecule has 146 valence electrons. The first-order valence-corrected chi connectivity index (χ1v) is 9.93. The van der Waals surface area contributed by atoms with Crippen molar-refractivity contribution in [1.29, 1.82) is 0 Å². The molecule has 0 spiro atoms. The molecule has 10 heteroatoms. The Kier molecular flexibility index (Phi) is 5.43. The van der Waals surface area contributed by atoms with E-state index in [1.165, 1.54) is 12.0 Å². The lowest BCUT2D eigenvalue weighted by atomic mass is 9.96. The average molecular weight is 415 g/mol. The lowest BCUT2D eigenvalue weighted by molar-refractivity contribution is -0.162. The fraction of sp³-hybridized carbons (Fsp3) is 0.471. The summed E-state index contributed by atoms with van der Waals surface area (Å²) in [6, 6.07) is 6.70. The zero-order valence-corrected chi connectivity index (χ0v) is 16.3. The first-order valence-electron chi connectivity index (χ1n) is 8.19. The second-order valence-corrected chi connectivity index (χ2v) is 8.73. The summed E-state index contributed by atoms with van der Waals surface area (Å²) in [6.45, 7) is 1.28. The Hall–Kier alpha value is -2.13. The highest BCUT2D eigenvalue weighted by Gasteiger charge is 2.69. The van der Waals surface area contributed by atoms with E-state index in [4.69, 9.17) is 21.1 Å². The number of hydrogen-bond donors (Lipinski definition) is 1. The Morgan fingerprint density at radius 2 is 2.00 bits per heavy atom. The Morgan fingerprint density at radius 1 is 1.33 bits per heavy atom. The maximum absolute atomic E-state index is 12.9. The van der Waals surface area contributed by atoms with Gasteiger partial charge in [-0.2, -0.15) is 0 Å². The van der Waals surface area contributed by atoms with Crippen LogP contribution in [0.25, 0.3) is 0 Å². The van der Waals surface area contributed by atoms with Crippen LogP contribution in [0.4, 0.5) is 0 Å². The van der Waals surface area contributed by atoms with Gasteiger partial charge < -0.3 is 19.7 Å². The third-order valence-corrected chi connectivity index (χ3v) is 7.67. The quantitative estimate of drug-likeness (QED) is 0.400. The lowest BCUT2D eigenvalue weighted by Gasteiger charge is -2.43. The van der Waals surface area contributed by atoms with Crippen LogP contribution in [0.2, 0.25) is 0 Å². The number of nitrogens with one attached hydrogen (secondary N) is 1. The van der Waals surface area contributed by atoms with E-state index in [1.807, 2.05) is 6.07 Å². The van der Waals surface area contributed by atoms with Gasteiger partial charge in [-0.25, -0.2) is 4.79 Å². The molecule has 8 nitrogen and oxygen atoms in total. The van der Waals surface area contributed by atoms with Crippen molar-refractivity contribution in [2.75, 3.05) is 19.6 Å². The fourth-order valence-corrected chi connectivity index (χ4v) is 5.70. The van der Waals surface area contributed by atoms with Crippen LogP contribution in [-0.2, 0) is 29.9 Å². The van der Waals surface area contributed by atoms with Crippen molar-refractivity contribution in [2.24, 2.45) is 0 Å². The van der Waals surface area contributed by atoms with E-state index in [9.17, 15) is 18.6 Å². The van der Waals surface area contributed by atoms with E-state index < -0.39 is 50.8 Å². The minimum atomic E-state index is -1.66. The second kappa shape index (κ2) is 7.47. The van der Waals surface area contributed by atoms with Crippen molar-refractivity contribution in [2.45, 2.75) is 29.1 Å². The Balaban J connectivity index is 1.69. The fourth-order valence-electron chi connectivity index (χ4n) is 3.28. The van der Waals surface area contributed by atoms with Crippen LogP contribution in [0.5, 0.6) is 5.75 Å². The number of rotatable bonds is 6. The number of para-hydroxylation sites is 1. The monoisotopic (exact) mass is 414 g/mol. The number of fused-ring (bicyclic) bond motifs is 1. The molecular formula is C17H19ClN2O6S. The minimum absolute atomic E-state index is 0.0998. The van der Waals surface area contributed by atoms with E-state index in [1.54, 1.807) is 31.2 Å². The van der Waals surface area contributed by atoms with Gasteiger partial charge in [-0.05, 0) is 19.1 Å². The number of hydrogen-bond acceptors (Lipinski definition) is 6. The molecule has 2 aliphatic heterocycles. The molecule has 0 aromatic heterocycles. The number of esters is 1. The van der Waals surface area contributed by atoms with Gasteiger partial charge in [0, 0.05) is 5.88 Å². The summed E-state index contributed by atoms with van der Waals surface area (Å²) in [4.78, 5) is 38.0. The number of methoxy groups -OCH3 is 1. The molecule has 0 radical (unpaired) electrons. The zero-order chi connectivity index (χ0) is 19.8. The number of amides is 2. The SMILES string of the molecule is COC(=O)[C@@H]1N2C(=O)[C@@H](NC(=O)COc3ccccc3)[C@H]2S(=O)[C@@]1(C)CCl. The molecule has 1 aromatic rings. The van der Waals surface area contributed by atoms with E-state index in [2.05, 4.69) is 5.32 Å². The minimum Gasteiger partial charge on any atom is -0.484 e. The number of nitrogens with zero attached hydrogens (tertiary/aromatic N) is 1. The molecule has 1 aromatic carbocycles. The third kappa shape index (κ3) is 3.19. The predicted octanol–water partition coefficient (Wildman–Crippen LogP) is 0.0199. The normalized spacial score (nSPS) is 31.7. The summed E-state index contributed by atoms with van der Waals surface area (Å²) in [5, 5.41) is 1.71. The van der Waals surface area contributed by atoms with Crippen molar-refractivity contribution in [3.8, 4) is 5.75 Å². The molecule has 2 fully saturated rings. The van der Waals surface area contributed by atoms with Gasteiger partial charge in [-0.15, -0.1) is 11.6 Å². The molecule has 3 rings (SSSR count). The van der Waals surface area contributed by atoms with Gasteiger partial charge in [-0.1, -0.05) is 18.2 Å². The number of carbonyl (C=O) groups excluding carboxylic acids is 3. The Bertz CT molecular complexity index is 791. The van der Waals surface area contributed by atoms with Crippen LogP contribution in [0, 0.1) is 0 Å². The Labute approximate surface area is 163 Å². The lowest BCUT2D eigenvalue weighted by Crippen LogP contribution is -2.72. The van der Waals surface area contributed by atoms with E-state index in [-0.39, 0.29) is 12.5 Å². The average Bonchev–Trinajstić information content (AvgIpc) is 2.90. The maximum atomic E-state index is 12.9. The summed E-state index contributed by atoms with van der Waals surface area (Å²) in [7, 11) is -0.465. The van der Waals surface area contributed by atoms with Crippen LogP contribution in [0.15, 0.2) is 30.3 Å². The summed E-state index contributed by atoms with van der Waals surface area (Å²) in [5.41, 5.74) is 0. The largest absolute Gasteiger partial charge is 0.484 e. The second-order valence-electron chi connectivity index (χ2n) is 6.45. The molecule has 1 unspecified atom stereocenters. The van der Waals surface area contributed by atoms with E-state index in [0.29, 0.717) is 5.75 Å². The molecule has 5 atom stereocenters. The highest BCUT2D eigenvalue weighted by atomic mass is 35.5. The summed E-state index contributed by atoms with van der Waals surface area (Å²) < 4.78 is 21.8. The summed E-state index contributed by atoms with van der Waals surface area (Å²) >= 11 is 5.97. The molecule has 27 heavy (non-hydrogen) atoms. The summed E-state index contributed by atoms with van der Waals surface area (Å²) in [5.74, 6) is -1.29. The van der Waals surface area contributed by atoms with E-state index in [0.717, 1.165) is 0 Å². The molecule has 2 saturated heterocycles. The highest BCUT2D eigenvalue weighted by Crippen LogP contribution is 2.44. The number of β-lactam (4-membered cyclic amide) rings is 1. The summed E-state index contributed by atoms with van der Waals surface area (Å²) in [6.07, 6.45) is 0. The Morgan fingerprint density at radius 3 is 2.59 bits per heavy atom. The number of benzene rings is 1. The molecule has 0 bridgehead atoms. The highest BCUT2D eigenvalue weighted by molar-refractivity contribution is 7.87. The van der Waals surface area contributed by atoms with Crippen LogP contribution >= 0.6 is 11.6 Å². The van der Waals surface area contributed by atoms with Crippen molar-refractivity contribution in [3.63, 3.8) is 0 Å². The van der Waals surface area contributed by atoms with Gasteiger partial charge in [-0.3, -0.25) is 13.8 Å². The molecule has 0 saturated carbocycles. The number of halogens is 1. The van der Waals surface area contributed by atoms with Gasteiger partial charge in [0.1, 0.15) is 23.2 Å². The first kappa shape index (κ1) is 19.6. The first-order chi connectivity index (χ1) is 12.8. The topological polar surface area (TPSA) is 102 Å². The van der Waals surface area contributed by atoms with Crippen LogP contribution in [0.3, 0.4) is 0 Å². The van der Waals surface area contributed by atoms with Crippen molar-refractivity contribution < 1.29 is 28.1 Å². The van der Waals surface area contributed by atoms with Gasteiger partial charge in [0.25, 0.3) is 5.91 Å². The number of ether oxygens (including phenoxy) is 2. The number of alkyl halides is 1. The molecule has 1 N–H and O–H groups in total. The van der Waals surface area contributed by atoms with Gasteiger partial charge in [0.15, 0.2) is 6.61 Å². The third-order valence-electron chi connectivity index (χ3n) is 4.73. The molecule has 0 aliphatic carbocycles. The molecular weight excluding hydrogens is 396 g/mol. The zero-order valence-electron chi connectivity index (χ0n) is 14.7. The van der Waals surface area contributed by atoms with E-state index >= 15 is 0 Å². The molecule has 2 heterocycles. The smallest absolute Gasteiger partial charge is 0.330 e. The molecule has 2 amide bonds. The van der Waals surface area contributed by atoms with Crippen LogP contribution < -0.4 is 10.1 Å². The van der Waals surface area contributed by atoms with Gasteiger partial charge in [0.2, 0.25) is 5.91 Å².